The van der Waals surface area contributed by atoms with Crippen LogP contribution in [-0.4, -0.2) is 39.2 Å². The van der Waals surface area contributed by atoms with Crippen molar-refractivity contribution in [1.82, 2.24) is 5.43 Å². The number of hydrazine groups is 1. The van der Waals surface area contributed by atoms with E-state index in [1.165, 1.54) is 32.8 Å². The fourth-order valence-electron chi connectivity index (χ4n) is 5.38. The molecule has 1 N–H and O–H groups in total. The van der Waals surface area contributed by atoms with Gasteiger partial charge in [0.15, 0.2) is 0 Å². The molecule has 0 spiro atoms. The summed E-state index contributed by atoms with van der Waals surface area (Å²) in [5.74, 6) is 0.248. The number of hydrogen-bond acceptors (Lipinski definition) is 7. The summed E-state index contributed by atoms with van der Waals surface area (Å²) in [4.78, 5) is 28.4. The molecule has 0 aliphatic carbocycles. The number of halogens is 2. The molecule has 1 heterocycles. The normalized spacial score (nSPS) is 12.8. The van der Waals surface area contributed by atoms with Crippen LogP contribution in [0.2, 0.25) is 0 Å². The first kappa shape index (κ1) is 31.8. The van der Waals surface area contributed by atoms with Crippen LogP contribution >= 0.6 is 15.9 Å². The van der Waals surface area contributed by atoms with Gasteiger partial charge < -0.3 is 19.1 Å². The maximum Gasteiger partial charge on any atom is 0.341 e. The standard InChI is InChI=1S/C35H35BrFN3O5/c1-23-8-7-9-31(39-18-5-4-6-19-39)34(23)40(26-12-16-28(17-13-26)45-27-14-10-25(37)11-15-27)38-33(41)21-24-20-32(43-2)29(22-30(24)36)35(42)44-3/h7-17,20,22H,4-6,18-19,21H2,1-3H3,(H,38,41). The molecule has 0 atom stereocenters. The number of hydrogen-bond donors (Lipinski definition) is 1. The van der Waals surface area contributed by atoms with Crippen LogP contribution in [0.25, 0.3) is 0 Å². The van der Waals surface area contributed by atoms with Gasteiger partial charge in [-0.15, -0.1) is 0 Å². The summed E-state index contributed by atoms with van der Waals surface area (Å²) in [6.07, 6.45) is 3.41. The topological polar surface area (TPSA) is 80.3 Å². The first-order chi connectivity index (χ1) is 21.8. The third kappa shape index (κ3) is 7.57. The van der Waals surface area contributed by atoms with Gasteiger partial charge in [0.2, 0.25) is 5.91 Å². The fraction of sp³-hybridized carbons (Fsp3) is 0.257. The molecule has 8 nitrogen and oxygen atoms in total. The molecule has 0 aromatic heterocycles. The number of benzene rings is 4. The van der Waals surface area contributed by atoms with Crippen molar-refractivity contribution < 1.29 is 28.2 Å². The smallest absolute Gasteiger partial charge is 0.341 e. The molecule has 1 aliphatic rings. The van der Waals surface area contributed by atoms with Gasteiger partial charge in [0.25, 0.3) is 0 Å². The van der Waals surface area contributed by atoms with Crippen LogP contribution in [0.1, 0.15) is 40.7 Å². The van der Waals surface area contributed by atoms with Gasteiger partial charge in [-0.05, 0) is 104 Å². The van der Waals surface area contributed by atoms with Crippen molar-refractivity contribution in [2.24, 2.45) is 0 Å². The molecule has 0 bridgehead atoms. The maximum absolute atomic E-state index is 13.8. The van der Waals surface area contributed by atoms with E-state index in [1.807, 2.05) is 48.3 Å². The number of nitrogens with one attached hydrogen (secondary N) is 1. The van der Waals surface area contributed by atoms with Crippen LogP contribution in [-0.2, 0) is 16.0 Å². The zero-order valence-electron chi connectivity index (χ0n) is 25.4. The third-order valence-corrected chi connectivity index (χ3v) is 8.38. The second kappa shape index (κ2) is 14.5. The summed E-state index contributed by atoms with van der Waals surface area (Å²) in [5.41, 5.74) is 7.66. The number of nitrogens with zero attached hydrogens (tertiary/aromatic N) is 2. The molecule has 45 heavy (non-hydrogen) atoms. The van der Waals surface area contributed by atoms with E-state index in [4.69, 9.17) is 14.2 Å². The van der Waals surface area contributed by atoms with E-state index in [2.05, 4.69) is 32.3 Å². The van der Waals surface area contributed by atoms with Gasteiger partial charge in [-0.2, -0.15) is 0 Å². The molecule has 0 unspecified atom stereocenters. The molecule has 1 aliphatic heterocycles. The lowest BCUT2D eigenvalue weighted by Gasteiger charge is -2.35. The Morgan fingerprint density at radius 1 is 0.933 bits per heavy atom. The van der Waals surface area contributed by atoms with Crippen LogP contribution in [0.4, 0.5) is 21.5 Å². The lowest BCUT2D eigenvalue weighted by molar-refractivity contribution is -0.120. The number of piperidine rings is 1. The molecule has 4 aromatic rings. The molecule has 1 saturated heterocycles. The number of aryl methyl sites for hydroxylation is 1. The summed E-state index contributed by atoms with van der Waals surface area (Å²) >= 11 is 3.51. The van der Waals surface area contributed by atoms with Gasteiger partial charge in [-0.1, -0.05) is 28.1 Å². The average molecular weight is 677 g/mol. The van der Waals surface area contributed by atoms with Gasteiger partial charge in [0.1, 0.15) is 28.6 Å². The second-order valence-corrected chi connectivity index (χ2v) is 11.6. The minimum Gasteiger partial charge on any atom is -0.496 e. The number of carbonyl (C=O) groups excluding carboxylic acids is 2. The summed E-state index contributed by atoms with van der Waals surface area (Å²) < 4.78 is 30.2. The van der Waals surface area contributed by atoms with Crippen LogP contribution in [0.15, 0.2) is 83.3 Å². The SMILES string of the molecule is COC(=O)c1cc(Br)c(CC(=O)NN(c2ccc(Oc3ccc(F)cc3)cc2)c2c(C)cccc2N2CCCCC2)cc1OC. The Morgan fingerprint density at radius 3 is 2.24 bits per heavy atom. The van der Waals surface area contributed by atoms with Crippen LogP contribution in [0.5, 0.6) is 17.2 Å². The van der Waals surface area contributed by atoms with Gasteiger partial charge in [-0.3, -0.25) is 15.2 Å². The van der Waals surface area contributed by atoms with Crippen molar-refractivity contribution in [2.45, 2.75) is 32.6 Å². The predicted molar refractivity (Wildman–Crippen MR) is 176 cm³/mol. The van der Waals surface area contributed by atoms with Crippen molar-refractivity contribution in [3.8, 4) is 17.2 Å². The molecule has 5 rings (SSSR count). The zero-order chi connectivity index (χ0) is 31.9. The van der Waals surface area contributed by atoms with Crippen LogP contribution in [0, 0.1) is 12.7 Å². The molecule has 0 saturated carbocycles. The van der Waals surface area contributed by atoms with Gasteiger partial charge in [0, 0.05) is 17.6 Å². The fourth-order valence-corrected chi connectivity index (χ4v) is 5.87. The third-order valence-electron chi connectivity index (χ3n) is 7.64. The Morgan fingerprint density at radius 2 is 1.60 bits per heavy atom. The van der Waals surface area contributed by atoms with Crippen molar-refractivity contribution in [3.63, 3.8) is 0 Å². The molecule has 234 valence electrons. The Bertz CT molecular complexity index is 1660. The molecule has 1 amide bonds. The largest absolute Gasteiger partial charge is 0.496 e. The summed E-state index contributed by atoms with van der Waals surface area (Å²) in [6.45, 7) is 3.89. The molecule has 1 fully saturated rings. The number of amides is 1. The molecule has 10 heteroatoms. The van der Waals surface area contributed by atoms with Gasteiger partial charge in [0.05, 0.1) is 37.7 Å². The van der Waals surface area contributed by atoms with Crippen molar-refractivity contribution in [2.75, 3.05) is 37.2 Å². The second-order valence-electron chi connectivity index (χ2n) is 10.7. The lowest BCUT2D eigenvalue weighted by Crippen LogP contribution is -2.41. The molecular weight excluding hydrogens is 641 g/mol. The highest BCUT2D eigenvalue weighted by atomic mass is 79.9. The lowest BCUT2D eigenvalue weighted by atomic mass is 10.1. The quantitative estimate of drug-likeness (QED) is 0.135. The van der Waals surface area contributed by atoms with Gasteiger partial charge >= 0.3 is 5.97 Å². The van der Waals surface area contributed by atoms with E-state index < -0.39 is 5.97 Å². The van der Waals surface area contributed by atoms with Crippen molar-refractivity contribution >= 4 is 44.9 Å². The number of methoxy groups -OCH3 is 2. The zero-order valence-corrected chi connectivity index (χ0v) is 27.0. The number of esters is 1. The van der Waals surface area contributed by atoms with Crippen molar-refractivity contribution in [1.29, 1.82) is 0 Å². The predicted octanol–water partition coefficient (Wildman–Crippen LogP) is 7.89. The molecule has 0 radical (unpaired) electrons. The van der Waals surface area contributed by atoms with E-state index >= 15 is 0 Å². The highest BCUT2D eigenvalue weighted by Gasteiger charge is 2.24. The Kier molecular flexibility index (Phi) is 10.2. The van der Waals surface area contributed by atoms with E-state index in [9.17, 15) is 14.0 Å². The number of ether oxygens (including phenoxy) is 3. The van der Waals surface area contributed by atoms with E-state index in [1.54, 1.807) is 24.3 Å². The minimum atomic E-state index is -0.536. The monoisotopic (exact) mass is 675 g/mol. The highest BCUT2D eigenvalue weighted by Crippen LogP contribution is 2.38. The molecule has 4 aromatic carbocycles. The Hall–Kier alpha value is -4.57. The van der Waals surface area contributed by atoms with E-state index in [0.717, 1.165) is 48.6 Å². The highest BCUT2D eigenvalue weighted by molar-refractivity contribution is 9.10. The van der Waals surface area contributed by atoms with Crippen LogP contribution < -0.4 is 24.8 Å². The Labute approximate surface area is 270 Å². The van der Waals surface area contributed by atoms with E-state index in [0.29, 0.717) is 27.3 Å². The summed E-state index contributed by atoms with van der Waals surface area (Å²) in [5, 5.41) is 1.82. The van der Waals surface area contributed by atoms with E-state index in [-0.39, 0.29) is 23.7 Å². The van der Waals surface area contributed by atoms with Gasteiger partial charge in [-0.25, -0.2) is 9.18 Å². The molecular formula is C35H35BrFN3O5. The number of para-hydroxylation sites is 1. The first-order valence-electron chi connectivity index (χ1n) is 14.7. The first-order valence-corrected chi connectivity index (χ1v) is 15.5. The minimum absolute atomic E-state index is 0.00554. The average Bonchev–Trinajstić information content (AvgIpc) is 3.06. The summed E-state index contributed by atoms with van der Waals surface area (Å²) in [6, 6.07) is 22.6. The number of rotatable bonds is 10. The Balaban J connectivity index is 1.48. The van der Waals surface area contributed by atoms with Crippen LogP contribution in [0.3, 0.4) is 0 Å². The number of carbonyl (C=O) groups is 2. The van der Waals surface area contributed by atoms with Crippen molar-refractivity contribution in [3.05, 3.63) is 106 Å². The maximum atomic E-state index is 13.8. The summed E-state index contributed by atoms with van der Waals surface area (Å²) in [7, 11) is 2.77. The number of anilines is 3.